The first kappa shape index (κ1) is 14.3. The van der Waals surface area contributed by atoms with E-state index in [0.717, 1.165) is 18.5 Å². The van der Waals surface area contributed by atoms with Crippen LogP contribution in [0.5, 0.6) is 5.88 Å². The Labute approximate surface area is 128 Å². The van der Waals surface area contributed by atoms with Gasteiger partial charge in [0.15, 0.2) is 0 Å². The highest BCUT2D eigenvalue weighted by molar-refractivity contribution is 5.63. The summed E-state index contributed by atoms with van der Waals surface area (Å²) in [5.74, 6) is 0.597. The van der Waals surface area contributed by atoms with E-state index in [1.165, 1.54) is 6.07 Å². The maximum absolute atomic E-state index is 11.1. The molecule has 2 aromatic rings. The topological polar surface area (TPSA) is 68.5 Å². The number of para-hydroxylation sites is 2. The van der Waals surface area contributed by atoms with Crippen LogP contribution in [0.4, 0.5) is 11.4 Å². The van der Waals surface area contributed by atoms with Crippen molar-refractivity contribution >= 4 is 11.4 Å². The highest BCUT2D eigenvalue weighted by atomic mass is 16.6. The minimum atomic E-state index is -0.342. The molecule has 0 saturated carbocycles. The van der Waals surface area contributed by atoms with Gasteiger partial charge in [-0.3, -0.25) is 10.1 Å². The van der Waals surface area contributed by atoms with E-state index in [0.29, 0.717) is 18.1 Å². The maximum atomic E-state index is 11.1. The Bertz CT molecular complexity index is 673. The van der Waals surface area contributed by atoms with Crippen molar-refractivity contribution in [2.45, 2.75) is 19.4 Å². The predicted molar refractivity (Wildman–Crippen MR) is 83.3 cm³/mol. The fourth-order valence-corrected chi connectivity index (χ4v) is 2.62. The zero-order chi connectivity index (χ0) is 15.5. The Balaban J connectivity index is 1.70. The standard InChI is InChI=1S/C16H17N3O3/c1-12-6-7-16(17-10-12)22-13-8-9-18(11-13)14-4-2-3-5-15(14)19(20)21/h2-7,10,13H,8-9,11H2,1H3/t13-/m1/s1. The van der Waals surface area contributed by atoms with E-state index in [9.17, 15) is 10.1 Å². The molecule has 0 bridgehead atoms. The number of anilines is 1. The summed E-state index contributed by atoms with van der Waals surface area (Å²) in [7, 11) is 0. The number of benzene rings is 1. The normalized spacial score (nSPS) is 17.5. The van der Waals surface area contributed by atoms with Gasteiger partial charge in [0.05, 0.1) is 11.5 Å². The molecule has 0 amide bonds. The summed E-state index contributed by atoms with van der Waals surface area (Å²) >= 11 is 0. The van der Waals surface area contributed by atoms with Crippen LogP contribution < -0.4 is 9.64 Å². The van der Waals surface area contributed by atoms with E-state index in [-0.39, 0.29) is 16.7 Å². The second-order valence-corrected chi connectivity index (χ2v) is 5.39. The lowest BCUT2D eigenvalue weighted by atomic mass is 10.2. The van der Waals surface area contributed by atoms with Gasteiger partial charge in [-0.1, -0.05) is 18.2 Å². The number of hydrogen-bond acceptors (Lipinski definition) is 5. The van der Waals surface area contributed by atoms with Gasteiger partial charge in [-0.2, -0.15) is 0 Å². The number of hydrogen-bond donors (Lipinski definition) is 0. The van der Waals surface area contributed by atoms with Crippen LogP contribution in [0.15, 0.2) is 42.6 Å². The third-order valence-electron chi connectivity index (χ3n) is 3.74. The van der Waals surface area contributed by atoms with Crippen molar-refractivity contribution in [2.24, 2.45) is 0 Å². The lowest BCUT2D eigenvalue weighted by Gasteiger charge is -2.18. The van der Waals surface area contributed by atoms with Crippen molar-refractivity contribution in [1.82, 2.24) is 4.98 Å². The molecule has 1 aliphatic rings. The van der Waals surface area contributed by atoms with Gasteiger partial charge in [0.1, 0.15) is 11.8 Å². The van der Waals surface area contributed by atoms with Crippen molar-refractivity contribution in [2.75, 3.05) is 18.0 Å². The number of aromatic nitrogens is 1. The van der Waals surface area contributed by atoms with Crippen LogP contribution in [-0.2, 0) is 0 Å². The largest absolute Gasteiger partial charge is 0.472 e. The van der Waals surface area contributed by atoms with Crippen molar-refractivity contribution in [3.8, 4) is 5.88 Å². The van der Waals surface area contributed by atoms with Gasteiger partial charge >= 0.3 is 0 Å². The molecule has 0 spiro atoms. The number of pyridine rings is 1. The zero-order valence-electron chi connectivity index (χ0n) is 12.3. The SMILES string of the molecule is Cc1ccc(O[C@@H]2CCN(c3ccccc3[N+](=O)[O-])C2)nc1. The molecule has 0 N–H and O–H groups in total. The Morgan fingerprint density at radius 3 is 2.86 bits per heavy atom. The Morgan fingerprint density at radius 2 is 2.14 bits per heavy atom. The van der Waals surface area contributed by atoms with E-state index in [1.807, 2.05) is 30.0 Å². The molecule has 1 atom stereocenters. The number of nitro groups is 1. The van der Waals surface area contributed by atoms with Crippen molar-refractivity contribution in [3.05, 3.63) is 58.3 Å². The number of aryl methyl sites for hydroxylation is 1. The predicted octanol–water partition coefficient (Wildman–Crippen LogP) is 2.96. The molecule has 0 radical (unpaired) electrons. The molecule has 6 nitrogen and oxygen atoms in total. The molecule has 0 aliphatic carbocycles. The minimum Gasteiger partial charge on any atom is -0.472 e. The zero-order valence-corrected chi connectivity index (χ0v) is 12.3. The molecule has 3 rings (SSSR count). The summed E-state index contributed by atoms with van der Waals surface area (Å²) in [4.78, 5) is 17.0. The molecule has 1 aromatic heterocycles. The molecule has 1 aromatic carbocycles. The summed E-state index contributed by atoms with van der Waals surface area (Å²) in [6.45, 7) is 3.34. The van der Waals surface area contributed by atoms with Gasteiger partial charge in [0, 0.05) is 31.3 Å². The smallest absolute Gasteiger partial charge is 0.292 e. The number of nitro benzene ring substituents is 1. The summed E-state index contributed by atoms with van der Waals surface area (Å²) in [5.41, 5.74) is 1.87. The summed E-state index contributed by atoms with van der Waals surface area (Å²) in [6.07, 6.45) is 2.58. The van der Waals surface area contributed by atoms with Crippen LogP contribution in [-0.4, -0.2) is 29.1 Å². The fourth-order valence-electron chi connectivity index (χ4n) is 2.62. The van der Waals surface area contributed by atoms with E-state index in [1.54, 1.807) is 18.3 Å². The summed E-state index contributed by atoms with van der Waals surface area (Å²) in [6, 6.07) is 10.6. The molecular formula is C16H17N3O3. The minimum absolute atomic E-state index is 0.00461. The monoisotopic (exact) mass is 299 g/mol. The van der Waals surface area contributed by atoms with Gasteiger partial charge in [0.2, 0.25) is 5.88 Å². The molecule has 22 heavy (non-hydrogen) atoms. The quantitative estimate of drug-likeness (QED) is 0.641. The third-order valence-corrected chi connectivity index (χ3v) is 3.74. The number of nitrogens with zero attached hydrogens (tertiary/aromatic N) is 3. The van der Waals surface area contributed by atoms with Crippen LogP contribution in [0.3, 0.4) is 0 Å². The Kier molecular flexibility index (Phi) is 3.91. The lowest BCUT2D eigenvalue weighted by Crippen LogP contribution is -2.25. The van der Waals surface area contributed by atoms with Crippen LogP contribution in [0.2, 0.25) is 0 Å². The Morgan fingerprint density at radius 1 is 1.32 bits per heavy atom. The second kappa shape index (κ2) is 6.01. The molecular weight excluding hydrogens is 282 g/mol. The van der Waals surface area contributed by atoms with Crippen LogP contribution in [0.25, 0.3) is 0 Å². The average Bonchev–Trinajstić information content (AvgIpc) is 2.98. The van der Waals surface area contributed by atoms with Gasteiger partial charge < -0.3 is 9.64 Å². The molecule has 1 saturated heterocycles. The first-order valence-electron chi connectivity index (χ1n) is 7.21. The third kappa shape index (κ3) is 3.00. The van der Waals surface area contributed by atoms with E-state index >= 15 is 0 Å². The molecule has 1 fully saturated rings. The number of ether oxygens (including phenoxy) is 1. The molecule has 1 aliphatic heterocycles. The highest BCUT2D eigenvalue weighted by Crippen LogP contribution is 2.31. The van der Waals surface area contributed by atoms with E-state index in [2.05, 4.69) is 4.98 Å². The van der Waals surface area contributed by atoms with Gasteiger partial charge in [-0.05, 0) is 18.6 Å². The first-order chi connectivity index (χ1) is 10.6. The molecule has 2 heterocycles. The summed E-state index contributed by atoms with van der Waals surface area (Å²) in [5, 5.41) is 11.1. The molecule has 6 heteroatoms. The van der Waals surface area contributed by atoms with Gasteiger partial charge in [0.25, 0.3) is 5.69 Å². The lowest BCUT2D eigenvalue weighted by molar-refractivity contribution is -0.384. The number of rotatable bonds is 4. The molecule has 0 unspecified atom stereocenters. The first-order valence-corrected chi connectivity index (χ1v) is 7.21. The van der Waals surface area contributed by atoms with Crippen molar-refractivity contribution < 1.29 is 9.66 Å². The Hall–Kier alpha value is -2.63. The van der Waals surface area contributed by atoms with Crippen LogP contribution >= 0.6 is 0 Å². The van der Waals surface area contributed by atoms with E-state index in [4.69, 9.17) is 4.74 Å². The summed E-state index contributed by atoms with van der Waals surface area (Å²) < 4.78 is 5.86. The fraction of sp³-hybridized carbons (Fsp3) is 0.312. The average molecular weight is 299 g/mol. The maximum Gasteiger partial charge on any atom is 0.292 e. The van der Waals surface area contributed by atoms with Crippen molar-refractivity contribution in [1.29, 1.82) is 0 Å². The van der Waals surface area contributed by atoms with Crippen molar-refractivity contribution in [3.63, 3.8) is 0 Å². The van der Waals surface area contributed by atoms with Gasteiger partial charge in [-0.15, -0.1) is 0 Å². The van der Waals surface area contributed by atoms with Crippen LogP contribution in [0, 0.1) is 17.0 Å². The second-order valence-electron chi connectivity index (χ2n) is 5.39. The van der Waals surface area contributed by atoms with E-state index < -0.39 is 0 Å². The van der Waals surface area contributed by atoms with Crippen LogP contribution in [0.1, 0.15) is 12.0 Å². The van der Waals surface area contributed by atoms with Gasteiger partial charge in [-0.25, -0.2) is 4.98 Å². The highest BCUT2D eigenvalue weighted by Gasteiger charge is 2.28. The molecule has 114 valence electrons.